The van der Waals surface area contributed by atoms with E-state index in [0.29, 0.717) is 0 Å². The molecule has 0 bridgehead atoms. The second-order valence-corrected chi connectivity index (χ2v) is 5.10. The largest absolute Gasteiger partial charge is 1.00 e. The van der Waals surface area contributed by atoms with Gasteiger partial charge in [-0.25, -0.2) is 0 Å². The molecule has 0 radical (unpaired) electrons. The smallest absolute Gasteiger partial charge is 0.160 e. The molecule has 0 unspecified atom stereocenters. The number of nitrogens with one attached hydrogen (secondary N) is 1. The molecular formula is C18H23ClNO2-. The fraction of sp³-hybridized carbons (Fsp3) is 0.333. The molecule has 0 aliphatic heterocycles. The first-order valence-corrected chi connectivity index (χ1v) is 7.20. The minimum absolute atomic E-state index is 0. The van der Waals surface area contributed by atoms with E-state index in [1.807, 2.05) is 12.1 Å². The van der Waals surface area contributed by atoms with Gasteiger partial charge in [0.05, 0.1) is 14.2 Å². The summed E-state index contributed by atoms with van der Waals surface area (Å²) in [6, 6.07) is 14.7. The molecule has 2 aromatic carbocycles. The van der Waals surface area contributed by atoms with E-state index in [0.717, 1.165) is 31.0 Å². The summed E-state index contributed by atoms with van der Waals surface area (Å²) < 4.78 is 10.6. The van der Waals surface area contributed by atoms with Crippen LogP contribution >= 0.6 is 0 Å². The maximum atomic E-state index is 5.32. The highest BCUT2D eigenvalue weighted by atomic mass is 35.5. The predicted molar refractivity (Wildman–Crippen MR) is 86.1 cm³/mol. The van der Waals surface area contributed by atoms with Crippen molar-refractivity contribution in [1.29, 1.82) is 0 Å². The maximum absolute atomic E-state index is 5.32. The summed E-state index contributed by atoms with van der Waals surface area (Å²) in [4.78, 5) is 0. The number of methoxy groups -OCH3 is 2. The van der Waals surface area contributed by atoms with Crippen LogP contribution in [0, 0.1) is 6.92 Å². The molecule has 0 atom stereocenters. The highest BCUT2D eigenvalue weighted by Crippen LogP contribution is 2.27. The van der Waals surface area contributed by atoms with Crippen molar-refractivity contribution in [3.8, 4) is 11.5 Å². The molecule has 0 aliphatic rings. The van der Waals surface area contributed by atoms with E-state index in [9.17, 15) is 0 Å². The molecule has 0 amide bonds. The molecule has 1 N–H and O–H groups in total. The zero-order valence-electron chi connectivity index (χ0n) is 13.4. The van der Waals surface area contributed by atoms with Gasteiger partial charge in [-0.15, -0.1) is 0 Å². The SMILES string of the molecule is COc1ccc(CCNCc2ccc(C)cc2)cc1OC.[Cl-]. The van der Waals surface area contributed by atoms with Gasteiger partial charge in [0.15, 0.2) is 11.5 Å². The van der Waals surface area contributed by atoms with Crippen LogP contribution in [0.3, 0.4) is 0 Å². The summed E-state index contributed by atoms with van der Waals surface area (Å²) in [6.45, 7) is 3.94. The van der Waals surface area contributed by atoms with Crippen molar-refractivity contribution >= 4 is 0 Å². The number of hydrogen-bond donors (Lipinski definition) is 1. The molecule has 4 heteroatoms. The lowest BCUT2D eigenvalue weighted by molar-refractivity contribution is -0.00000495. The fourth-order valence-corrected chi connectivity index (χ4v) is 2.21. The molecule has 0 aromatic heterocycles. The van der Waals surface area contributed by atoms with Crippen molar-refractivity contribution in [2.45, 2.75) is 19.9 Å². The van der Waals surface area contributed by atoms with E-state index in [1.165, 1.54) is 16.7 Å². The molecule has 22 heavy (non-hydrogen) atoms. The van der Waals surface area contributed by atoms with Gasteiger partial charge in [-0.1, -0.05) is 35.9 Å². The Labute approximate surface area is 139 Å². The van der Waals surface area contributed by atoms with Crippen LogP contribution in [0.5, 0.6) is 11.5 Å². The number of ether oxygens (including phenoxy) is 2. The number of rotatable bonds is 7. The maximum Gasteiger partial charge on any atom is 0.160 e. The Morgan fingerprint density at radius 3 is 2.14 bits per heavy atom. The van der Waals surface area contributed by atoms with Crippen LogP contribution in [0.1, 0.15) is 16.7 Å². The number of halogens is 1. The molecule has 3 nitrogen and oxygen atoms in total. The second kappa shape index (κ2) is 9.34. The van der Waals surface area contributed by atoms with Gasteiger partial charge in [-0.2, -0.15) is 0 Å². The van der Waals surface area contributed by atoms with Crippen molar-refractivity contribution < 1.29 is 21.9 Å². The average Bonchev–Trinajstić information content (AvgIpc) is 2.53. The summed E-state index contributed by atoms with van der Waals surface area (Å²) in [6.07, 6.45) is 0.964. The predicted octanol–water partition coefficient (Wildman–Crippen LogP) is 0.349. The monoisotopic (exact) mass is 320 g/mol. The van der Waals surface area contributed by atoms with Gasteiger partial charge < -0.3 is 27.2 Å². The molecule has 2 aromatic rings. The third kappa shape index (κ3) is 5.24. The first-order chi connectivity index (χ1) is 10.2. The summed E-state index contributed by atoms with van der Waals surface area (Å²) in [5, 5.41) is 3.46. The zero-order chi connectivity index (χ0) is 15.1. The molecule has 2 rings (SSSR count). The quantitative estimate of drug-likeness (QED) is 0.747. The van der Waals surface area contributed by atoms with Crippen molar-refractivity contribution in [2.24, 2.45) is 0 Å². The molecule has 0 spiro atoms. The van der Waals surface area contributed by atoms with Crippen LogP contribution in [0.25, 0.3) is 0 Å². The summed E-state index contributed by atoms with van der Waals surface area (Å²) in [7, 11) is 3.32. The Morgan fingerprint density at radius 1 is 0.864 bits per heavy atom. The molecule has 0 aliphatic carbocycles. The van der Waals surface area contributed by atoms with E-state index in [2.05, 4.69) is 42.6 Å². The van der Waals surface area contributed by atoms with E-state index >= 15 is 0 Å². The topological polar surface area (TPSA) is 30.5 Å². The van der Waals surface area contributed by atoms with E-state index in [4.69, 9.17) is 9.47 Å². The number of benzene rings is 2. The van der Waals surface area contributed by atoms with Crippen LogP contribution < -0.4 is 27.2 Å². The van der Waals surface area contributed by atoms with Gasteiger partial charge in [0.1, 0.15) is 0 Å². The summed E-state index contributed by atoms with van der Waals surface area (Å²) in [5.74, 6) is 1.56. The van der Waals surface area contributed by atoms with Crippen LogP contribution in [0.2, 0.25) is 0 Å². The molecule has 0 saturated heterocycles. The summed E-state index contributed by atoms with van der Waals surface area (Å²) in [5.41, 5.74) is 3.85. The Balaban J connectivity index is 0.00000242. The summed E-state index contributed by atoms with van der Waals surface area (Å²) >= 11 is 0. The third-order valence-electron chi connectivity index (χ3n) is 3.49. The lowest BCUT2D eigenvalue weighted by Crippen LogP contribution is -3.00. The van der Waals surface area contributed by atoms with Gasteiger partial charge in [0.2, 0.25) is 0 Å². The van der Waals surface area contributed by atoms with Crippen molar-refractivity contribution in [2.75, 3.05) is 20.8 Å². The highest BCUT2D eigenvalue weighted by Gasteiger charge is 2.04. The first-order valence-electron chi connectivity index (χ1n) is 7.20. The molecule has 0 heterocycles. The van der Waals surface area contributed by atoms with Crippen molar-refractivity contribution in [3.63, 3.8) is 0 Å². The molecular weight excluding hydrogens is 298 g/mol. The minimum Gasteiger partial charge on any atom is -1.00 e. The third-order valence-corrected chi connectivity index (χ3v) is 3.49. The standard InChI is InChI=1S/C18H23NO2.ClH/c1-14-4-6-16(7-5-14)13-19-11-10-15-8-9-17(20-2)18(12-15)21-3;/h4-9,12,19H,10-11,13H2,1-3H3;1H/p-1. The Bertz CT molecular complexity index is 570. The van der Waals surface area contributed by atoms with Crippen LogP contribution in [0.15, 0.2) is 42.5 Å². The van der Waals surface area contributed by atoms with Gasteiger partial charge >= 0.3 is 0 Å². The van der Waals surface area contributed by atoms with E-state index in [1.54, 1.807) is 14.2 Å². The Morgan fingerprint density at radius 2 is 1.50 bits per heavy atom. The van der Waals surface area contributed by atoms with E-state index in [-0.39, 0.29) is 12.4 Å². The number of aryl methyl sites for hydroxylation is 1. The lowest BCUT2D eigenvalue weighted by atomic mass is 10.1. The van der Waals surface area contributed by atoms with Crippen molar-refractivity contribution in [1.82, 2.24) is 5.32 Å². The normalized spacial score (nSPS) is 9.95. The highest BCUT2D eigenvalue weighted by molar-refractivity contribution is 5.42. The van der Waals surface area contributed by atoms with Crippen molar-refractivity contribution in [3.05, 3.63) is 59.2 Å². The Kier molecular flexibility index (Phi) is 7.78. The lowest BCUT2D eigenvalue weighted by Gasteiger charge is -2.10. The van der Waals surface area contributed by atoms with Crippen LogP contribution in [0.4, 0.5) is 0 Å². The van der Waals surface area contributed by atoms with Crippen LogP contribution in [-0.4, -0.2) is 20.8 Å². The zero-order valence-corrected chi connectivity index (χ0v) is 14.1. The number of hydrogen-bond acceptors (Lipinski definition) is 3. The second-order valence-electron chi connectivity index (χ2n) is 5.10. The average molecular weight is 321 g/mol. The molecule has 120 valence electrons. The fourth-order valence-electron chi connectivity index (χ4n) is 2.21. The van der Waals surface area contributed by atoms with E-state index < -0.39 is 0 Å². The first kappa shape index (κ1) is 18.3. The molecule has 0 fully saturated rings. The van der Waals surface area contributed by atoms with Crippen LogP contribution in [-0.2, 0) is 13.0 Å². The van der Waals surface area contributed by atoms with Gasteiger partial charge in [0, 0.05) is 6.54 Å². The van der Waals surface area contributed by atoms with Gasteiger partial charge in [-0.05, 0) is 43.1 Å². The minimum atomic E-state index is 0. The Hall–Kier alpha value is -1.71. The van der Waals surface area contributed by atoms with Gasteiger partial charge in [-0.3, -0.25) is 0 Å². The molecule has 0 saturated carbocycles. The van der Waals surface area contributed by atoms with Gasteiger partial charge in [0.25, 0.3) is 0 Å².